The van der Waals surface area contributed by atoms with E-state index in [9.17, 15) is 22.8 Å². The summed E-state index contributed by atoms with van der Waals surface area (Å²) in [6.07, 6.45) is 2.17. The molecule has 1 aromatic heterocycles. The second-order valence-corrected chi connectivity index (χ2v) is 7.93. The number of halogens is 3. The first kappa shape index (κ1) is 24.8. The number of esters is 2. The molecule has 0 aromatic carbocycles. The summed E-state index contributed by atoms with van der Waals surface area (Å²) >= 11 is 0. The summed E-state index contributed by atoms with van der Waals surface area (Å²) in [7, 11) is 0. The van der Waals surface area contributed by atoms with Gasteiger partial charge in [0.1, 0.15) is 0 Å². The summed E-state index contributed by atoms with van der Waals surface area (Å²) in [5.74, 6) is -1.25. The lowest BCUT2D eigenvalue weighted by molar-refractivity contribution is -0.193. The van der Waals surface area contributed by atoms with E-state index in [-0.39, 0.29) is 12.6 Å². The number of nitrogens with zero attached hydrogens (tertiary/aromatic N) is 2. The molecule has 0 spiro atoms. The van der Waals surface area contributed by atoms with Gasteiger partial charge < -0.3 is 9.47 Å². The van der Waals surface area contributed by atoms with Crippen molar-refractivity contribution in [1.82, 2.24) is 9.97 Å². The molecule has 0 aliphatic rings. The van der Waals surface area contributed by atoms with Crippen molar-refractivity contribution >= 4 is 11.9 Å². The smallest absolute Gasteiger partial charge is 0.422 e. The van der Waals surface area contributed by atoms with Crippen molar-refractivity contribution in [2.75, 3.05) is 13.2 Å². The number of carbonyl (C=O) groups is 2. The topological polar surface area (TPSA) is 78.4 Å². The fourth-order valence-corrected chi connectivity index (χ4v) is 2.67. The van der Waals surface area contributed by atoms with Gasteiger partial charge in [-0.05, 0) is 40.0 Å². The maximum absolute atomic E-state index is 12.4. The summed E-state index contributed by atoms with van der Waals surface area (Å²) in [6.45, 7) is 5.37. The Morgan fingerprint density at radius 2 is 1.72 bits per heavy atom. The monoisotopic (exact) mass is 418 g/mol. The second-order valence-electron chi connectivity index (χ2n) is 7.93. The molecule has 1 aromatic rings. The molecule has 6 nitrogen and oxygen atoms in total. The minimum Gasteiger partial charge on any atom is -0.465 e. The van der Waals surface area contributed by atoms with Crippen molar-refractivity contribution in [3.63, 3.8) is 0 Å². The summed E-state index contributed by atoms with van der Waals surface area (Å²) in [5.41, 5.74) is -1.10. The molecule has 0 N–H and O–H groups in total. The molecule has 0 bridgehead atoms. The predicted molar refractivity (Wildman–Crippen MR) is 99.7 cm³/mol. The van der Waals surface area contributed by atoms with Crippen molar-refractivity contribution in [3.05, 3.63) is 24.3 Å². The Morgan fingerprint density at radius 1 is 1.03 bits per heavy atom. The fourth-order valence-electron chi connectivity index (χ4n) is 2.67. The number of aromatic nitrogens is 2. The standard InChI is InChI=1S/C20H29F3N2O4/c1-5-19(4,17(27)29-14-20(21,22)23)9-6-8-18(2,3)16(26)28-12-7-15-13-24-10-11-25-15/h10-11,13H,5-9,12,14H2,1-4H3. The van der Waals surface area contributed by atoms with E-state index < -0.39 is 29.6 Å². The van der Waals surface area contributed by atoms with Crippen molar-refractivity contribution in [3.8, 4) is 0 Å². The predicted octanol–water partition coefficient (Wildman–Crippen LogP) is 4.28. The lowest BCUT2D eigenvalue weighted by Crippen LogP contribution is -2.33. The third kappa shape index (κ3) is 8.79. The van der Waals surface area contributed by atoms with Crippen LogP contribution < -0.4 is 0 Å². The molecular weight excluding hydrogens is 389 g/mol. The molecule has 0 aliphatic carbocycles. The lowest BCUT2D eigenvalue weighted by atomic mass is 9.79. The molecule has 1 heterocycles. The third-order valence-electron chi connectivity index (χ3n) is 4.93. The normalized spacial score (nSPS) is 14.2. The number of hydrogen-bond donors (Lipinski definition) is 0. The highest BCUT2D eigenvalue weighted by Gasteiger charge is 2.38. The largest absolute Gasteiger partial charge is 0.465 e. The van der Waals surface area contributed by atoms with Crippen LogP contribution in [0.2, 0.25) is 0 Å². The van der Waals surface area contributed by atoms with Crippen LogP contribution in [0.4, 0.5) is 13.2 Å². The van der Waals surface area contributed by atoms with Gasteiger partial charge in [0.15, 0.2) is 6.61 Å². The minimum atomic E-state index is -4.55. The minimum absolute atomic E-state index is 0.178. The molecule has 29 heavy (non-hydrogen) atoms. The number of hydrogen-bond acceptors (Lipinski definition) is 6. The molecule has 1 unspecified atom stereocenters. The van der Waals surface area contributed by atoms with Gasteiger partial charge in [-0.1, -0.05) is 13.3 Å². The quantitative estimate of drug-likeness (QED) is 0.499. The molecule has 0 aliphatic heterocycles. The van der Waals surface area contributed by atoms with E-state index in [0.29, 0.717) is 37.8 Å². The van der Waals surface area contributed by atoms with Crippen LogP contribution in [0.5, 0.6) is 0 Å². The molecule has 1 atom stereocenters. The van der Waals surface area contributed by atoms with Gasteiger partial charge in [-0.3, -0.25) is 19.6 Å². The zero-order valence-corrected chi connectivity index (χ0v) is 17.3. The molecule has 0 saturated carbocycles. The van der Waals surface area contributed by atoms with Gasteiger partial charge in [0, 0.05) is 25.0 Å². The zero-order valence-electron chi connectivity index (χ0n) is 17.3. The molecule has 9 heteroatoms. The maximum Gasteiger partial charge on any atom is 0.422 e. The first-order valence-corrected chi connectivity index (χ1v) is 9.56. The fraction of sp³-hybridized carbons (Fsp3) is 0.700. The molecule has 0 fully saturated rings. The highest BCUT2D eigenvalue weighted by Crippen LogP contribution is 2.34. The third-order valence-corrected chi connectivity index (χ3v) is 4.93. The van der Waals surface area contributed by atoms with E-state index in [1.165, 1.54) is 0 Å². The second kappa shape index (κ2) is 10.5. The van der Waals surface area contributed by atoms with Crippen molar-refractivity contribution in [1.29, 1.82) is 0 Å². The van der Waals surface area contributed by atoms with Gasteiger partial charge in [-0.2, -0.15) is 13.2 Å². The van der Waals surface area contributed by atoms with Crippen LogP contribution in [0.3, 0.4) is 0 Å². The first-order chi connectivity index (χ1) is 13.4. The van der Waals surface area contributed by atoms with Crippen LogP contribution in [0.1, 0.15) is 59.1 Å². The van der Waals surface area contributed by atoms with E-state index in [2.05, 4.69) is 14.7 Å². The molecule has 0 saturated heterocycles. The van der Waals surface area contributed by atoms with Crippen LogP contribution in [0.15, 0.2) is 18.6 Å². The number of alkyl halides is 3. The van der Waals surface area contributed by atoms with Crippen LogP contribution in [-0.4, -0.2) is 41.3 Å². The first-order valence-electron chi connectivity index (χ1n) is 9.56. The summed E-state index contributed by atoms with van der Waals surface area (Å²) in [4.78, 5) is 32.5. The Hall–Kier alpha value is -2.19. The van der Waals surface area contributed by atoms with Gasteiger partial charge in [-0.25, -0.2) is 0 Å². The Balaban J connectivity index is 2.47. The van der Waals surface area contributed by atoms with Gasteiger partial charge in [0.2, 0.25) is 0 Å². The number of carbonyl (C=O) groups excluding carboxylic acids is 2. The van der Waals surface area contributed by atoms with E-state index in [1.54, 1.807) is 46.3 Å². The molecule has 0 amide bonds. The molecule has 164 valence electrons. The van der Waals surface area contributed by atoms with E-state index >= 15 is 0 Å². The molecular formula is C20H29F3N2O4. The van der Waals surface area contributed by atoms with E-state index in [0.717, 1.165) is 0 Å². The van der Waals surface area contributed by atoms with Crippen LogP contribution in [-0.2, 0) is 25.5 Å². The van der Waals surface area contributed by atoms with Gasteiger partial charge in [-0.15, -0.1) is 0 Å². The number of ether oxygens (including phenoxy) is 2. The lowest BCUT2D eigenvalue weighted by Gasteiger charge is -2.28. The summed E-state index contributed by atoms with van der Waals surface area (Å²) in [5, 5.41) is 0. The summed E-state index contributed by atoms with van der Waals surface area (Å²) < 4.78 is 46.6. The maximum atomic E-state index is 12.4. The average molecular weight is 418 g/mol. The van der Waals surface area contributed by atoms with Gasteiger partial charge >= 0.3 is 18.1 Å². The van der Waals surface area contributed by atoms with Crippen molar-refractivity contribution < 1.29 is 32.2 Å². The highest BCUT2D eigenvalue weighted by atomic mass is 19.4. The van der Waals surface area contributed by atoms with Crippen LogP contribution in [0.25, 0.3) is 0 Å². The Labute approximate surface area is 169 Å². The van der Waals surface area contributed by atoms with Crippen LogP contribution in [0, 0.1) is 10.8 Å². The van der Waals surface area contributed by atoms with Crippen molar-refractivity contribution in [2.45, 2.75) is 66.0 Å². The highest BCUT2D eigenvalue weighted by molar-refractivity contribution is 5.77. The van der Waals surface area contributed by atoms with Crippen molar-refractivity contribution in [2.24, 2.45) is 10.8 Å². The van der Waals surface area contributed by atoms with Gasteiger partial charge in [0.05, 0.1) is 23.1 Å². The van der Waals surface area contributed by atoms with Crippen LogP contribution >= 0.6 is 0 Å². The SMILES string of the molecule is CCC(C)(CCCC(C)(C)C(=O)OCCc1cnccn1)C(=O)OCC(F)(F)F. The van der Waals surface area contributed by atoms with E-state index in [4.69, 9.17) is 4.74 Å². The average Bonchev–Trinajstić information content (AvgIpc) is 2.65. The Kier molecular flexibility index (Phi) is 9.04. The van der Waals surface area contributed by atoms with Gasteiger partial charge in [0.25, 0.3) is 0 Å². The molecule has 1 rings (SSSR count). The summed E-state index contributed by atoms with van der Waals surface area (Å²) in [6, 6.07) is 0. The Bertz CT molecular complexity index is 665. The number of rotatable bonds is 11. The Morgan fingerprint density at radius 3 is 2.28 bits per heavy atom. The zero-order chi connectivity index (χ0) is 22.1. The van der Waals surface area contributed by atoms with E-state index in [1.807, 2.05) is 0 Å². The molecule has 0 radical (unpaired) electrons.